The fourth-order valence-corrected chi connectivity index (χ4v) is 2.43. The van der Waals surface area contributed by atoms with Gasteiger partial charge in [0.25, 0.3) is 0 Å². The first kappa shape index (κ1) is 17.8. The normalized spacial score (nSPS) is 14.8. The summed E-state index contributed by atoms with van der Waals surface area (Å²) in [6, 6.07) is 8.30. The number of benzene rings is 1. The Morgan fingerprint density at radius 2 is 2.04 bits per heavy atom. The zero-order valence-corrected chi connectivity index (χ0v) is 14.5. The average Bonchev–Trinajstić information content (AvgIpc) is 3.38. The maximum absolute atomic E-state index is 5.70. The predicted octanol–water partition coefficient (Wildman–Crippen LogP) is 2.27. The van der Waals surface area contributed by atoms with Gasteiger partial charge in [-0.15, -0.1) is 0 Å². The number of hydrogen-bond donors (Lipinski definition) is 1. The van der Waals surface area contributed by atoms with Crippen molar-refractivity contribution in [3.8, 4) is 0 Å². The second kappa shape index (κ2) is 9.53. The number of hydrogen-bond acceptors (Lipinski definition) is 3. The largest absolute Gasteiger partial charge is 0.380 e. The van der Waals surface area contributed by atoms with Gasteiger partial charge in [0.2, 0.25) is 0 Å². The minimum atomic E-state index is 0.626. The van der Waals surface area contributed by atoms with Crippen molar-refractivity contribution in [2.24, 2.45) is 10.9 Å². The third-order valence-corrected chi connectivity index (χ3v) is 4.05. The van der Waals surface area contributed by atoms with Gasteiger partial charge >= 0.3 is 0 Å². The molecule has 0 heterocycles. The first-order valence-corrected chi connectivity index (χ1v) is 8.29. The van der Waals surface area contributed by atoms with Gasteiger partial charge in [-0.3, -0.25) is 4.99 Å². The highest BCUT2D eigenvalue weighted by molar-refractivity contribution is 5.79. The fourth-order valence-electron chi connectivity index (χ4n) is 2.43. The smallest absolute Gasteiger partial charge is 0.193 e. The number of likely N-dealkylation sites (N-methyl/N-ethyl adjacent to an activating group) is 1. The van der Waals surface area contributed by atoms with Gasteiger partial charge < -0.3 is 19.7 Å². The lowest BCUT2D eigenvalue weighted by Gasteiger charge is -2.22. The lowest BCUT2D eigenvalue weighted by molar-refractivity contribution is 0.115. The Hall–Kier alpha value is -1.59. The molecule has 1 saturated carbocycles. The van der Waals surface area contributed by atoms with Crippen LogP contribution in [0.25, 0.3) is 0 Å². The van der Waals surface area contributed by atoms with Crippen molar-refractivity contribution in [3.63, 3.8) is 0 Å². The van der Waals surface area contributed by atoms with E-state index in [1.807, 2.05) is 26.2 Å². The highest BCUT2D eigenvalue weighted by Crippen LogP contribution is 2.28. The van der Waals surface area contributed by atoms with E-state index in [0.29, 0.717) is 6.61 Å². The molecule has 0 unspecified atom stereocenters. The molecule has 0 saturated heterocycles. The lowest BCUT2D eigenvalue weighted by atomic mass is 10.1. The maximum atomic E-state index is 5.70. The quantitative estimate of drug-likeness (QED) is 0.431. The van der Waals surface area contributed by atoms with Crippen LogP contribution in [0.4, 0.5) is 0 Å². The van der Waals surface area contributed by atoms with E-state index in [2.05, 4.69) is 27.3 Å². The third-order valence-electron chi connectivity index (χ3n) is 4.05. The van der Waals surface area contributed by atoms with Crippen molar-refractivity contribution in [2.75, 3.05) is 41.0 Å². The predicted molar refractivity (Wildman–Crippen MR) is 93.5 cm³/mol. The Labute approximate surface area is 139 Å². The number of nitrogens with one attached hydrogen (secondary N) is 1. The molecule has 1 aliphatic rings. The van der Waals surface area contributed by atoms with Crippen LogP contribution in [0.5, 0.6) is 0 Å². The molecular weight excluding hydrogens is 290 g/mol. The van der Waals surface area contributed by atoms with Crippen LogP contribution in [-0.2, 0) is 22.6 Å². The van der Waals surface area contributed by atoms with Crippen LogP contribution in [0.3, 0.4) is 0 Å². The van der Waals surface area contributed by atoms with Gasteiger partial charge in [0, 0.05) is 40.9 Å². The van der Waals surface area contributed by atoms with Crippen LogP contribution in [0.2, 0.25) is 0 Å². The number of nitrogens with zero attached hydrogens (tertiary/aromatic N) is 2. The molecule has 1 aromatic carbocycles. The summed E-state index contributed by atoms with van der Waals surface area (Å²) in [5, 5.41) is 3.41. The molecule has 1 aromatic rings. The zero-order valence-electron chi connectivity index (χ0n) is 14.5. The Balaban J connectivity index is 1.77. The number of rotatable bonds is 9. The molecule has 0 bridgehead atoms. The molecule has 0 radical (unpaired) electrons. The molecule has 2 rings (SSSR count). The van der Waals surface area contributed by atoms with Crippen LogP contribution in [0, 0.1) is 5.92 Å². The van der Waals surface area contributed by atoms with E-state index in [1.165, 1.54) is 24.0 Å². The molecule has 5 nitrogen and oxygen atoms in total. The molecule has 1 aliphatic carbocycles. The van der Waals surface area contributed by atoms with Gasteiger partial charge in [-0.05, 0) is 29.9 Å². The van der Waals surface area contributed by atoms with Gasteiger partial charge in [0.15, 0.2) is 5.96 Å². The monoisotopic (exact) mass is 319 g/mol. The van der Waals surface area contributed by atoms with E-state index in [9.17, 15) is 0 Å². The Bertz CT molecular complexity index is 501. The number of aliphatic imine (C=N–C) groups is 1. The van der Waals surface area contributed by atoms with Crippen molar-refractivity contribution in [1.29, 1.82) is 0 Å². The maximum Gasteiger partial charge on any atom is 0.193 e. The molecule has 23 heavy (non-hydrogen) atoms. The molecule has 5 heteroatoms. The summed E-state index contributed by atoms with van der Waals surface area (Å²) < 4.78 is 10.9. The minimum Gasteiger partial charge on any atom is -0.380 e. The van der Waals surface area contributed by atoms with Crippen molar-refractivity contribution in [2.45, 2.75) is 26.0 Å². The van der Waals surface area contributed by atoms with Crippen LogP contribution >= 0.6 is 0 Å². The van der Waals surface area contributed by atoms with Gasteiger partial charge in [-0.25, -0.2) is 0 Å². The van der Waals surface area contributed by atoms with Gasteiger partial charge in [-0.2, -0.15) is 0 Å². The number of guanidine groups is 1. The second-order valence-corrected chi connectivity index (χ2v) is 6.04. The average molecular weight is 319 g/mol. The van der Waals surface area contributed by atoms with E-state index in [-0.39, 0.29) is 0 Å². The Kier molecular flexibility index (Phi) is 7.36. The molecule has 0 spiro atoms. The van der Waals surface area contributed by atoms with Crippen molar-refractivity contribution in [3.05, 3.63) is 35.4 Å². The molecule has 0 aromatic heterocycles. The summed E-state index contributed by atoms with van der Waals surface area (Å²) in [4.78, 5) is 6.45. The van der Waals surface area contributed by atoms with Crippen LogP contribution in [-0.4, -0.2) is 51.8 Å². The van der Waals surface area contributed by atoms with E-state index in [0.717, 1.165) is 38.2 Å². The van der Waals surface area contributed by atoms with Crippen molar-refractivity contribution in [1.82, 2.24) is 10.2 Å². The summed E-state index contributed by atoms with van der Waals surface area (Å²) in [6.45, 7) is 3.85. The van der Waals surface area contributed by atoms with E-state index >= 15 is 0 Å². The lowest BCUT2D eigenvalue weighted by Crippen LogP contribution is -2.40. The van der Waals surface area contributed by atoms with Crippen molar-refractivity contribution >= 4 is 5.96 Å². The first-order chi connectivity index (χ1) is 11.2. The summed E-state index contributed by atoms with van der Waals surface area (Å²) in [5.74, 6) is 1.70. The summed E-state index contributed by atoms with van der Waals surface area (Å²) in [5.41, 5.74) is 2.43. The van der Waals surface area contributed by atoms with Crippen LogP contribution in [0.1, 0.15) is 24.0 Å². The molecule has 128 valence electrons. The number of methoxy groups -OCH3 is 1. The fraction of sp³-hybridized carbons (Fsp3) is 0.611. The Morgan fingerprint density at radius 3 is 2.70 bits per heavy atom. The molecule has 0 aliphatic heterocycles. The van der Waals surface area contributed by atoms with E-state index in [4.69, 9.17) is 9.47 Å². The van der Waals surface area contributed by atoms with Gasteiger partial charge in [-0.1, -0.05) is 24.3 Å². The highest BCUT2D eigenvalue weighted by Gasteiger charge is 2.21. The third kappa shape index (κ3) is 6.20. The van der Waals surface area contributed by atoms with Crippen molar-refractivity contribution < 1.29 is 9.47 Å². The van der Waals surface area contributed by atoms with E-state index in [1.54, 1.807) is 7.11 Å². The van der Waals surface area contributed by atoms with E-state index < -0.39 is 0 Å². The Morgan fingerprint density at radius 1 is 1.30 bits per heavy atom. The highest BCUT2D eigenvalue weighted by atomic mass is 16.5. The second-order valence-electron chi connectivity index (χ2n) is 6.04. The molecule has 0 atom stereocenters. The summed E-state index contributed by atoms with van der Waals surface area (Å²) >= 11 is 0. The minimum absolute atomic E-state index is 0.626. The molecule has 1 fully saturated rings. The van der Waals surface area contributed by atoms with Gasteiger partial charge in [0.1, 0.15) is 0 Å². The number of ether oxygens (including phenoxy) is 2. The molecule has 1 N–H and O–H groups in total. The topological polar surface area (TPSA) is 46.1 Å². The zero-order chi connectivity index (χ0) is 16.5. The standard InChI is InChI=1S/C18H29N3O2/c1-19-18(21(2)10-11-23-13-15-8-9-15)20-12-16-6-4-5-7-17(16)14-22-3/h4-7,15H,8-14H2,1-3H3,(H,19,20). The summed E-state index contributed by atoms with van der Waals surface area (Å²) in [6.07, 6.45) is 2.67. The van der Waals surface area contributed by atoms with Crippen LogP contribution in [0.15, 0.2) is 29.3 Å². The first-order valence-electron chi connectivity index (χ1n) is 8.29. The molecule has 0 amide bonds. The van der Waals surface area contributed by atoms with Crippen LogP contribution < -0.4 is 5.32 Å². The SMILES string of the molecule is CN=C(NCc1ccccc1COC)N(C)CCOCC1CC1. The van der Waals surface area contributed by atoms with Gasteiger partial charge in [0.05, 0.1) is 13.2 Å². The summed E-state index contributed by atoms with van der Waals surface area (Å²) in [7, 11) is 5.57. The molecular formula is C18H29N3O2.